The van der Waals surface area contributed by atoms with Gasteiger partial charge in [0.1, 0.15) is 0 Å². The molecular formula is C18H26N2O3. The third-order valence-corrected chi connectivity index (χ3v) is 5.06. The molecule has 1 aromatic rings. The van der Waals surface area contributed by atoms with E-state index >= 15 is 0 Å². The van der Waals surface area contributed by atoms with Gasteiger partial charge in [0, 0.05) is 19.5 Å². The molecule has 2 heterocycles. The van der Waals surface area contributed by atoms with Crippen LogP contribution in [0.2, 0.25) is 0 Å². The number of fused-ring (bicyclic) bond motifs is 1. The molecule has 0 bridgehead atoms. The summed E-state index contributed by atoms with van der Waals surface area (Å²) in [7, 11) is 3.32. The largest absolute Gasteiger partial charge is 0.493 e. The maximum absolute atomic E-state index is 12.2. The molecule has 0 aliphatic carbocycles. The van der Waals surface area contributed by atoms with Crippen LogP contribution in [-0.2, 0) is 11.2 Å². The maximum atomic E-state index is 12.2. The molecule has 5 nitrogen and oxygen atoms in total. The van der Waals surface area contributed by atoms with Crippen LogP contribution in [0.5, 0.6) is 11.5 Å². The lowest BCUT2D eigenvalue weighted by atomic mass is 9.84. The van der Waals surface area contributed by atoms with Crippen molar-refractivity contribution in [1.29, 1.82) is 0 Å². The van der Waals surface area contributed by atoms with Crippen LogP contribution >= 0.6 is 0 Å². The molecule has 1 aromatic carbocycles. The second-order valence-corrected chi connectivity index (χ2v) is 6.37. The van der Waals surface area contributed by atoms with E-state index in [2.05, 4.69) is 17.4 Å². The van der Waals surface area contributed by atoms with E-state index in [9.17, 15) is 4.79 Å². The van der Waals surface area contributed by atoms with Crippen LogP contribution in [0.1, 0.15) is 43.4 Å². The van der Waals surface area contributed by atoms with E-state index < -0.39 is 0 Å². The van der Waals surface area contributed by atoms with Crippen LogP contribution in [0.4, 0.5) is 0 Å². The van der Waals surface area contributed by atoms with E-state index in [0.29, 0.717) is 6.04 Å². The zero-order valence-corrected chi connectivity index (χ0v) is 14.2. The summed E-state index contributed by atoms with van der Waals surface area (Å²) in [4.78, 5) is 14.2. The van der Waals surface area contributed by atoms with Gasteiger partial charge < -0.3 is 19.7 Å². The van der Waals surface area contributed by atoms with Gasteiger partial charge in [-0.05, 0) is 49.1 Å². The summed E-state index contributed by atoms with van der Waals surface area (Å²) < 4.78 is 10.9. The first-order chi connectivity index (χ1) is 11.2. The van der Waals surface area contributed by atoms with E-state index in [0.717, 1.165) is 37.4 Å². The lowest BCUT2D eigenvalue weighted by Gasteiger charge is -2.43. The number of hydrogen-bond acceptors (Lipinski definition) is 4. The molecule has 2 atom stereocenters. The number of nitrogens with zero attached hydrogens (tertiary/aromatic N) is 1. The van der Waals surface area contributed by atoms with E-state index in [-0.39, 0.29) is 11.9 Å². The fraction of sp³-hybridized carbons (Fsp3) is 0.611. The van der Waals surface area contributed by atoms with Crippen LogP contribution in [0.15, 0.2) is 12.1 Å². The molecule has 5 heteroatoms. The first-order valence-electron chi connectivity index (χ1n) is 8.41. The lowest BCUT2D eigenvalue weighted by Crippen LogP contribution is -2.50. The fourth-order valence-electron chi connectivity index (χ4n) is 3.91. The van der Waals surface area contributed by atoms with Crippen molar-refractivity contribution in [2.75, 3.05) is 27.3 Å². The predicted molar refractivity (Wildman–Crippen MR) is 89.0 cm³/mol. The smallest absolute Gasteiger partial charge is 0.220 e. The second kappa shape index (κ2) is 6.79. The van der Waals surface area contributed by atoms with Crippen LogP contribution in [0.3, 0.4) is 0 Å². The third-order valence-electron chi connectivity index (χ3n) is 5.06. The van der Waals surface area contributed by atoms with Crippen molar-refractivity contribution in [2.24, 2.45) is 0 Å². The Hall–Kier alpha value is -1.75. The number of methoxy groups -OCH3 is 2. The Kier molecular flexibility index (Phi) is 4.76. The van der Waals surface area contributed by atoms with Crippen molar-refractivity contribution in [1.82, 2.24) is 10.2 Å². The summed E-state index contributed by atoms with van der Waals surface area (Å²) in [6.07, 6.45) is 4.38. The Morgan fingerprint density at radius 2 is 1.96 bits per heavy atom. The van der Waals surface area contributed by atoms with Crippen LogP contribution in [-0.4, -0.2) is 44.2 Å². The van der Waals surface area contributed by atoms with Crippen LogP contribution < -0.4 is 14.8 Å². The summed E-state index contributed by atoms with van der Waals surface area (Å²) in [5.41, 5.74) is 2.46. The Morgan fingerprint density at radius 1 is 1.22 bits per heavy atom. The first kappa shape index (κ1) is 16.1. The molecule has 3 rings (SSSR count). The summed E-state index contributed by atoms with van der Waals surface area (Å²) in [5, 5.41) is 3.61. The molecule has 0 saturated carbocycles. The predicted octanol–water partition coefficient (Wildman–Crippen LogP) is 2.29. The van der Waals surface area contributed by atoms with E-state index in [1.165, 1.54) is 24.0 Å². The molecule has 2 aliphatic heterocycles. The number of carbonyl (C=O) groups is 1. The summed E-state index contributed by atoms with van der Waals surface area (Å²) in [6, 6.07) is 4.52. The Balaban J connectivity index is 2.04. The summed E-state index contributed by atoms with van der Waals surface area (Å²) >= 11 is 0. The third kappa shape index (κ3) is 3.02. The molecule has 0 aromatic heterocycles. The van der Waals surface area contributed by atoms with Crippen molar-refractivity contribution in [3.05, 3.63) is 23.3 Å². The van der Waals surface area contributed by atoms with Crippen molar-refractivity contribution in [3.8, 4) is 11.5 Å². The van der Waals surface area contributed by atoms with Crippen molar-refractivity contribution in [2.45, 2.75) is 44.7 Å². The number of nitrogens with one attached hydrogen (secondary N) is 1. The number of hydrogen-bond donors (Lipinski definition) is 1. The lowest BCUT2D eigenvalue weighted by molar-refractivity contribution is -0.132. The number of benzene rings is 1. The number of carbonyl (C=O) groups excluding carboxylic acids is 1. The maximum Gasteiger partial charge on any atom is 0.220 e. The minimum atomic E-state index is 0.0800. The Morgan fingerprint density at radius 3 is 2.57 bits per heavy atom. The Labute approximate surface area is 137 Å². The topological polar surface area (TPSA) is 50.8 Å². The highest BCUT2D eigenvalue weighted by Crippen LogP contribution is 2.40. The highest BCUT2D eigenvalue weighted by molar-refractivity contribution is 5.74. The SMILES string of the molecule is COc1cc2c(cc1OC)C(C1CCCCN1)N(C(C)=O)CC2. The number of amides is 1. The second-order valence-electron chi connectivity index (χ2n) is 6.37. The normalized spacial score (nSPS) is 24.0. The van der Waals surface area contributed by atoms with Gasteiger partial charge >= 0.3 is 0 Å². The van der Waals surface area contributed by atoms with Gasteiger partial charge in [-0.25, -0.2) is 0 Å². The number of ether oxygens (including phenoxy) is 2. The number of piperidine rings is 1. The van der Waals surface area contributed by atoms with Gasteiger partial charge in [-0.2, -0.15) is 0 Å². The highest BCUT2D eigenvalue weighted by Gasteiger charge is 2.36. The van der Waals surface area contributed by atoms with Gasteiger partial charge in [0.25, 0.3) is 0 Å². The first-order valence-corrected chi connectivity index (χ1v) is 8.41. The van der Waals surface area contributed by atoms with E-state index in [1.54, 1.807) is 21.1 Å². The van der Waals surface area contributed by atoms with Gasteiger partial charge in [-0.1, -0.05) is 6.42 Å². The monoisotopic (exact) mass is 318 g/mol. The quantitative estimate of drug-likeness (QED) is 0.929. The van der Waals surface area contributed by atoms with E-state index in [1.807, 2.05) is 4.90 Å². The molecule has 126 valence electrons. The van der Waals surface area contributed by atoms with Crippen molar-refractivity contribution >= 4 is 5.91 Å². The highest BCUT2D eigenvalue weighted by atomic mass is 16.5. The van der Waals surface area contributed by atoms with Crippen molar-refractivity contribution < 1.29 is 14.3 Å². The molecule has 23 heavy (non-hydrogen) atoms. The Bertz CT molecular complexity index is 582. The van der Waals surface area contributed by atoms with Gasteiger partial charge in [0.05, 0.1) is 20.3 Å². The zero-order valence-electron chi connectivity index (χ0n) is 14.2. The van der Waals surface area contributed by atoms with Crippen molar-refractivity contribution in [3.63, 3.8) is 0 Å². The standard InChI is InChI=1S/C18H26N2O3/c1-12(21)20-9-7-13-10-16(22-2)17(23-3)11-14(13)18(20)15-6-4-5-8-19-15/h10-11,15,18-19H,4-9H2,1-3H3. The average molecular weight is 318 g/mol. The van der Waals surface area contributed by atoms with Gasteiger partial charge in [0.2, 0.25) is 5.91 Å². The minimum Gasteiger partial charge on any atom is -0.493 e. The average Bonchev–Trinajstić information content (AvgIpc) is 2.59. The van der Waals surface area contributed by atoms with Crippen LogP contribution in [0.25, 0.3) is 0 Å². The van der Waals surface area contributed by atoms with E-state index in [4.69, 9.17) is 9.47 Å². The van der Waals surface area contributed by atoms with Gasteiger partial charge in [0.15, 0.2) is 11.5 Å². The zero-order chi connectivity index (χ0) is 16.4. The molecule has 0 radical (unpaired) electrons. The van der Waals surface area contributed by atoms with Gasteiger partial charge in [-0.3, -0.25) is 4.79 Å². The molecule has 1 amide bonds. The van der Waals surface area contributed by atoms with Crippen LogP contribution in [0, 0.1) is 0 Å². The molecular weight excluding hydrogens is 292 g/mol. The van der Waals surface area contributed by atoms with Gasteiger partial charge in [-0.15, -0.1) is 0 Å². The molecule has 1 N–H and O–H groups in total. The minimum absolute atomic E-state index is 0.0800. The summed E-state index contributed by atoms with van der Waals surface area (Å²) in [6.45, 7) is 3.46. The number of rotatable bonds is 3. The summed E-state index contributed by atoms with van der Waals surface area (Å²) in [5.74, 6) is 1.64. The molecule has 2 aliphatic rings. The molecule has 1 saturated heterocycles. The molecule has 1 fully saturated rings. The fourth-order valence-corrected chi connectivity index (χ4v) is 3.91. The molecule has 0 spiro atoms. The molecule has 2 unspecified atom stereocenters.